The summed E-state index contributed by atoms with van der Waals surface area (Å²) in [4.78, 5) is 20.1. The van der Waals surface area contributed by atoms with Crippen LogP contribution < -0.4 is 5.32 Å². The normalized spacial score (nSPS) is 22.6. The van der Waals surface area contributed by atoms with Crippen LogP contribution in [0.5, 0.6) is 0 Å². The molecule has 0 bridgehead atoms. The molecule has 1 amide bonds. The summed E-state index contributed by atoms with van der Waals surface area (Å²) in [6.07, 6.45) is 4.75. The first-order chi connectivity index (χ1) is 8.16. The van der Waals surface area contributed by atoms with Crippen LogP contribution in [0.1, 0.15) is 0 Å². The van der Waals surface area contributed by atoms with Gasteiger partial charge in [-0.15, -0.1) is 0 Å². The highest BCUT2D eigenvalue weighted by molar-refractivity contribution is 5.76. The van der Waals surface area contributed by atoms with E-state index >= 15 is 0 Å². The molecule has 6 heteroatoms. The number of nitrogens with zero attached hydrogens (tertiary/aromatic N) is 4. The van der Waals surface area contributed by atoms with Gasteiger partial charge < -0.3 is 10.2 Å². The number of carbonyl (C=O) groups is 1. The lowest BCUT2D eigenvalue weighted by molar-refractivity contribution is 0.114. The van der Waals surface area contributed by atoms with Gasteiger partial charge in [-0.25, -0.2) is 9.78 Å². The van der Waals surface area contributed by atoms with Crippen LogP contribution in [0, 0.1) is 0 Å². The monoisotopic (exact) mass is 237 g/mol. The molecule has 1 unspecified atom stereocenters. The Morgan fingerprint density at radius 3 is 3.00 bits per heavy atom. The molecule has 1 aliphatic heterocycles. The van der Waals surface area contributed by atoms with Crippen molar-refractivity contribution in [3.8, 4) is 0 Å². The van der Waals surface area contributed by atoms with Crippen molar-refractivity contribution in [3.63, 3.8) is 0 Å². The summed E-state index contributed by atoms with van der Waals surface area (Å²) in [5, 5.41) is 2.92. The molecule has 1 aliphatic rings. The highest BCUT2D eigenvalue weighted by Crippen LogP contribution is 2.04. The molecular formula is C11H19N5O. The van der Waals surface area contributed by atoms with Crippen LogP contribution in [-0.4, -0.2) is 71.7 Å². The van der Waals surface area contributed by atoms with Crippen molar-refractivity contribution in [1.82, 2.24) is 24.7 Å². The van der Waals surface area contributed by atoms with Crippen LogP contribution in [0.15, 0.2) is 18.7 Å². The van der Waals surface area contributed by atoms with E-state index in [1.807, 2.05) is 0 Å². The van der Waals surface area contributed by atoms with Crippen LogP contribution in [0.25, 0.3) is 0 Å². The molecule has 1 N–H and O–H groups in total. The quantitative estimate of drug-likeness (QED) is 0.766. The Hall–Kier alpha value is -1.40. The molecular weight excluding hydrogens is 218 g/mol. The van der Waals surface area contributed by atoms with Gasteiger partial charge >= 0.3 is 6.03 Å². The molecule has 1 saturated heterocycles. The molecule has 2 heterocycles. The number of imidazole rings is 1. The summed E-state index contributed by atoms with van der Waals surface area (Å²) in [5.41, 5.74) is 0. The van der Waals surface area contributed by atoms with Crippen molar-refractivity contribution in [2.24, 2.45) is 0 Å². The van der Waals surface area contributed by atoms with E-state index in [1.165, 1.54) is 10.9 Å². The molecule has 0 saturated carbocycles. The number of piperazine rings is 1. The Labute approximate surface area is 101 Å². The molecule has 1 fully saturated rings. The molecule has 94 valence electrons. The summed E-state index contributed by atoms with van der Waals surface area (Å²) in [6, 6.07) is 0.255. The Bertz CT molecular complexity index is 364. The summed E-state index contributed by atoms with van der Waals surface area (Å²) in [6.45, 7) is 3.78. The molecule has 17 heavy (non-hydrogen) atoms. The molecule has 2 rings (SSSR count). The van der Waals surface area contributed by atoms with E-state index in [1.54, 1.807) is 12.4 Å². The fourth-order valence-corrected chi connectivity index (χ4v) is 2.00. The van der Waals surface area contributed by atoms with Crippen LogP contribution in [0.4, 0.5) is 4.79 Å². The van der Waals surface area contributed by atoms with Crippen LogP contribution in [0.3, 0.4) is 0 Å². The highest BCUT2D eigenvalue weighted by atomic mass is 16.2. The minimum absolute atomic E-state index is 0.121. The predicted molar refractivity (Wildman–Crippen MR) is 64.9 cm³/mol. The zero-order valence-electron chi connectivity index (χ0n) is 10.3. The van der Waals surface area contributed by atoms with E-state index < -0.39 is 0 Å². The maximum Gasteiger partial charge on any atom is 0.326 e. The fourth-order valence-electron chi connectivity index (χ4n) is 2.00. The number of amides is 1. The predicted octanol–water partition coefficient (Wildman–Crippen LogP) is -0.313. The number of aromatic nitrogens is 2. The van der Waals surface area contributed by atoms with Gasteiger partial charge in [-0.3, -0.25) is 9.47 Å². The van der Waals surface area contributed by atoms with Gasteiger partial charge in [-0.05, 0) is 14.1 Å². The third kappa shape index (κ3) is 3.04. The van der Waals surface area contributed by atoms with Crippen molar-refractivity contribution < 1.29 is 4.79 Å². The molecule has 1 aromatic heterocycles. The first kappa shape index (κ1) is 12.1. The maximum atomic E-state index is 11.7. The Kier molecular flexibility index (Phi) is 3.75. The van der Waals surface area contributed by atoms with Crippen molar-refractivity contribution in [3.05, 3.63) is 18.7 Å². The molecule has 0 aromatic carbocycles. The molecule has 0 spiro atoms. The van der Waals surface area contributed by atoms with Gasteiger partial charge in [0.2, 0.25) is 0 Å². The minimum atomic E-state index is -0.121. The number of rotatable bonds is 2. The molecule has 0 aliphatic carbocycles. The van der Waals surface area contributed by atoms with Gasteiger partial charge in [0.15, 0.2) is 0 Å². The second kappa shape index (κ2) is 5.29. The lowest BCUT2D eigenvalue weighted by atomic mass is 10.2. The van der Waals surface area contributed by atoms with Crippen molar-refractivity contribution in [2.75, 3.05) is 40.3 Å². The average Bonchev–Trinajstić information content (AvgIpc) is 2.83. The number of carbonyl (C=O) groups excluding carboxylic acids is 1. The fraction of sp³-hybridized carbons (Fsp3) is 0.636. The Morgan fingerprint density at radius 1 is 1.47 bits per heavy atom. The van der Waals surface area contributed by atoms with E-state index in [0.717, 1.165) is 19.6 Å². The van der Waals surface area contributed by atoms with Crippen molar-refractivity contribution in [2.45, 2.75) is 6.04 Å². The largest absolute Gasteiger partial charge is 0.336 e. The number of likely N-dealkylation sites (N-methyl/N-ethyl adjacent to an activating group) is 2. The third-order valence-corrected chi connectivity index (χ3v) is 3.21. The number of nitrogens with one attached hydrogen (secondary N) is 1. The lowest BCUT2D eigenvalue weighted by Crippen LogP contribution is -2.54. The SMILES string of the molecule is CN1CCN(C)C(CNC(=O)n2ccnc2)C1. The summed E-state index contributed by atoms with van der Waals surface area (Å²) in [5.74, 6) is 0. The summed E-state index contributed by atoms with van der Waals surface area (Å²) in [7, 11) is 4.21. The molecule has 1 aromatic rings. The van der Waals surface area contributed by atoms with Gasteiger partial charge in [0.05, 0.1) is 0 Å². The van der Waals surface area contributed by atoms with Crippen molar-refractivity contribution >= 4 is 6.03 Å². The second-order valence-electron chi connectivity index (χ2n) is 4.55. The van der Waals surface area contributed by atoms with Gasteiger partial charge in [0.25, 0.3) is 0 Å². The lowest BCUT2D eigenvalue weighted by Gasteiger charge is -2.37. The van der Waals surface area contributed by atoms with Crippen LogP contribution in [0.2, 0.25) is 0 Å². The highest BCUT2D eigenvalue weighted by Gasteiger charge is 2.22. The first-order valence-corrected chi connectivity index (χ1v) is 5.82. The number of hydrogen-bond donors (Lipinski definition) is 1. The van der Waals surface area contributed by atoms with Gasteiger partial charge in [-0.1, -0.05) is 0 Å². The Balaban J connectivity index is 1.83. The van der Waals surface area contributed by atoms with Crippen LogP contribution in [-0.2, 0) is 0 Å². The molecule has 6 nitrogen and oxygen atoms in total. The number of hydrogen-bond acceptors (Lipinski definition) is 4. The zero-order chi connectivity index (χ0) is 12.3. The first-order valence-electron chi connectivity index (χ1n) is 5.82. The topological polar surface area (TPSA) is 53.4 Å². The zero-order valence-corrected chi connectivity index (χ0v) is 10.3. The van der Waals surface area contributed by atoms with Gasteiger partial charge in [0, 0.05) is 44.6 Å². The van der Waals surface area contributed by atoms with Gasteiger partial charge in [0.1, 0.15) is 6.33 Å². The van der Waals surface area contributed by atoms with E-state index in [9.17, 15) is 4.79 Å². The maximum absolute atomic E-state index is 11.7. The molecule has 0 radical (unpaired) electrons. The van der Waals surface area contributed by atoms with Crippen LogP contribution >= 0.6 is 0 Å². The van der Waals surface area contributed by atoms with E-state index in [4.69, 9.17) is 0 Å². The molecule has 1 atom stereocenters. The average molecular weight is 237 g/mol. The van der Waals surface area contributed by atoms with E-state index in [0.29, 0.717) is 12.6 Å². The third-order valence-electron chi connectivity index (χ3n) is 3.21. The van der Waals surface area contributed by atoms with E-state index in [2.05, 4.69) is 34.2 Å². The smallest absolute Gasteiger partial charge is 0.326 e. The summed E-state index contributed by atoms with van der Waals surface area (Å²) < 4.78 is 1.45. The minimum Gasteiger partial charge on any atom is -0.336 e. The second-order valence-corrected chi connectivity index (χ2v) is 4.55. The summed E-state index contributed by atoms with van der Waals surface area (Å²) >= 11 is 0. The van der Waals surface area contributed by atoms with E-state index in [-0.39, 0.29) is 6.03 Å². The van der Waals surface area contributed by atoms with Crippen molar-refractivity contribution in [1.29, 1.82) is 0 Å². The van der Waals surface area contributed by atoms with Gasteiger partial charge in [-0.2, -0.15) is 0 Å². The Morgan fingerprint density at radius 2 is 2.29 bits per heavy atom. The standard InChI is InChI=1S/C11H19N5O/c1-14-5-6-15(2)10(8-14)7-13-11(17)16-4-3-12-9-16/h3-4,9-10H,5-8H2,1-2H3,(H,13,17).